The Bertz CT molecular complexity index is 670. The monoisotopic (exact) mass is 294 g/mol. The third-order valence-electron chi connectivity index (χ3n) is 2.54. The molecule has 2 aromatic carbocycles. The Kier molecular flexibility index (Phi) is 4.14. The summed E-state index contributed by atoms with van der Waals surface area (Å²) in [5.41, 5.74) is 7.08. The SMILES string of the molecule is Nc1cc(SCc2ccccc2)ccc1S(N)(=O)=O. The topological polar surface area (TPSA) is 86.2 Å². The van der Waals surface area contributed by atoms with E-state index in [0.717, 1.165) is 10.6 Å². The van der Waals surface area contributed by atoms with E-state index < -0.39 is 10.0 Å². The van der Waals surface area contributed by atoms with E-state index in [4.69, 9.17) is 10.9 Å². The van der Waals surface area contributed by atoms with E-state index in [2.05, 4.69) is 0 Å². The van der Waals surface area contributed by atoms with Crippen molar-refractivity contribution in [2.24, 2.45) is 5.14 Å². The second-order valence-corrected chi connectivity index (χ2v) is 6.60. The van der Waals surface area contributed by atoms with Gasteiger partial charge in [0.25, 0.3) is 0 Å². The highest BCUT2D eigenvalue weighted by atomic mass is 32.2. The van der Waals surface area contributed by atoms with Crippen molar-refractivity contribution in [3.8, 4) is 0 Å². The number of anilines is 1. The molecule has 0 atom stereocenters. The van der Waals surface area contributed by atoms with Gasteiger partial charge in [0.1, 0.15) is 4.90 Å². The van der Waals surface area contributed by atoms with Crippen LogP contribution in [0.1, 0.15) is 5.56 Å². The lowest BCUT2D eigenvalue weighted by atomic mass is 10.2. The fraction of sp³-hybridized carbons (Fsp3) is 0.0769. The minimum atomic E-state index is -3.75. The van der Waals surface area contributed by atoms with Crippen LogP contribution in [0.4, 0.5) is 5.69 Å². The Balaban J connectivity index is 2.13. The minimum Gasteiger partial charge on any atom is -0.398 e. The van der Waals surface area contributed by atoms with Crippen LogP contribution in [0, 0.1) is 0 Å². The first kappa shape index (κ1) is 13.9. The highest BCUT2D eigenvalue weighted by Gasteiger charge is 2.12. The number of thioether (sulfide) groups is 1. The van der Waals surface area contributed by atoms with Gasteiger partial charge in [-0.15, -0.1) is 11.8 Å². The lowest BCUT2D eigenvalue weighted by molar-refractivity contribution is 0.598. The summed E-state index contributed by atoms with van der Waals surface area (Å²) in [6, 6.07) is 14.8. The van der Waals surface area contributed by atoms with Crippen LogP contribution in [0.5, 0.6) is 0 Å². The summed E-state index contributed by atoms with van der Waals surface area (Å²) in [4.78, 5) is 0.880. The predicted molar refractivity (Wildman–Crippen MR) is 78.2 cm³/mol. The number of rotatable bonds is 4. The molecule has 0 amide bonds. The maximum Gasteiger partial charge on any atom is 0.240 e. The maximum atomic E-state index is 11.2. The van der Waals surface area contributed by atoms with Gasteiger partial charge in [-0.25, -0.2) is 13.6 Å². The fourth-order valence-electron chi connectivity index (χ4n) is 1.62. The standard InChI is InChI=1S/C13H14N2O2S2/c14-12-8-11(6-7-13(12)19(15,16)17)18-9-10-4-2-1-3-5-10/h1-8H,9,14H2,(H2,15,16,17). The van der Waals surface area contributed by atoms with Gasteiger partial charge in [-0.05, 0) is 23.8 Å². The van der Waals surface area contributed by atoms with E-state index in [1.54, 1.807) is 23.9 Å². The normalized spacial score (nSPS) is 11.4. The van der Waals surface area contributed by atoms with Gasteiger partial charge >= 0.3 is 0 Å². The van der Waals surface area contributed by atoms with Crippen molar-refractivity contribution in [2.75, 3.05) is 5.73 Å². The van der Waals surface area contributed by atoms with Crippen LogP contribution in [-0.4, -0.2) is 8.42 Å². The molecule has 100 valence electrons. The van der Waals surface area contributed by atoms with Gasteiger partial charge in [-0.3, -0.25) is 0 Å². The van der Waals surface area contributed by atoms with Crippen molar-refractivity contribution in [3.63, 3.8) is 0 Å². The Morgan fingerprint density at radius 2 is 1.74 bits per heavy atom. The lowest BCUT2D eigenvalue weighted by Crippen LogP contribution is -2.14. The molecule has 0 spiro atoms. The van der Waals surface area contributed by atoms with Gasteiger partial charge in [0.05, 0.1) is 5.69 Å². The van der Waals surface area contributed by atoms with Crippen molar-refractivity contribution >= 4 is 27.5 Å². The number of sulfonamides is 1. The fourth-order valence-corrected chi connectivity index (χ4v) is 3.16. The third-order valence-corrected chi connectivity index (χ3v) is 4.59. The lowest BCUT2D eigenvalue weighted by Gasteiger charge is -2.06. The summed E-state index contributed by atoms with van der Waals surface area (Å²) in [5, 5.41) is 5.06. The van der Waals surface area contributed by atoms with Crippen molar-refractivity contribution in [2.45, 2.75) is 15.5 Å². The molecule has 0 fully saturated rings. The molecule has 0 radical (unpaired) electrons. The molecule has 4 N–H and O–H groups in total. The molecule has 0 aliphatic carbocycles. The first-order valence-corrected chi connectivity index (χ1v) is 8.09. The van der Waals surface area contributed by atoms with Gasteiger partial charge in [0.15, 0.2) is 0 Å². The molecule has 19 heavy (non-hydrogen) atoms. The summed E-state index contributed by atoms with van der Waals surface area (Å²) in [5.74, 6) is 0.801. The summed E-state index contributed by atoms with van der Waals surface area (Å²) in [6.45, 7) is 0. The zero-order chi connectivity index (χ0) is 13.9. The number of nitrogen functional groups attached to an aromatic ring is 1. The molecule has 0 aliphatic rings. The average molecular weight is 294 g/mol. The molecule has 0 unspecified atom stereocenters. The first-order valence-electron chi connectivity index (χ1n) is 5.56. The molecule has 0 bridgehead atoms. The molecule has 0 saturated carbocycles. The van der Waals surface area contributed by atoms with Gasteiger partial charge < -0.3 is 5.73 Å². The number of primary sulfonamides is 1. The van der Waals surface area contributed by atoms with E-state index >= 15 is 0 Å². The molecule has 0 aromatic heterocycles. The summed E-state index contributed by atoms with van der Waals surface area (Å²) >= 11 is 1.59. The molecule has 4 nitrogen and oxygen atoms in total. The zero-order valence-electron chi connectivity index (χ0n) is 10.1. The second kappa shape index (κ2) is 5.64. The Labute approximate surface area is 116 Å². The van der Waals surface area contributed by atoms with Crippen molar-refractivity contribution < 1.29 is 8.42 Å². The zero-order valence-corrected chi connectivity index (χ0v) is 11.7. The molecule has 0 heterocycles. The smallest absolute Gasteiger partial charge is 0.240 e. The van der Waals surface area contributed by atoms with E-state index in [1.165, 1.54) is 11.6 Å². The molecule has 0 aliphatic heterocycles. The Morgan fingerprint density at radius 1 is 1.05 bits per heavy atom. The highest BCUT2D eigenvalue weighted by Crippen LogP contribution is 2.27. The van der Waals surface area contributed by atoms with Crippen LogP contribution in [-0.2, 0) is 15.8 Å². The van der Waals surface area contributed by atoms with E-state index in [1.807, 2.05) is 30.3 Å². The maximum absolute atomic E-state index is 11.2. The van der Waals surface area contributed by atoms with Crippen LogP contribution in [0.15, 0.2) is 58.3 Å². The van der Waals surface area contributed by atoms with Gasteiger partial charge in [-0.1, -0.05) is 30.3 Å². The number of hydrogen-bond acceptors (Lipinski definition) is 4. The Morgan fingerprint density at radius 3 is 2.32 bits per heavy atom. The van der Waals surface area contributed by atoms with Crippen LogP contribution >= 0.6 is 11.8 Å². The molecule has 2 rings (SSSR count). The summed E-state index contributed by atoms with van der Waals surface area (Å²) in [6.07, 6.45) is 0. The molecular formula is C13H14N2O2S2. The largest absolute Gasteiger partial charge is 0.398 e. The quantitative estimate of drug-likeness (QED) is 0.668. The van der Waals surface area contributed by atoms with Crippen molar-refractivity contribution in [1.82, 2.24) is 0 Å². The van der Waals surface area contributed by atoms with Gasteiger partial charge in [0.2, 0.25) is 10.0 Å². The van der Waals surface area contributed by atoms with Gasteiger partial charge in [0, 0.05) is 10.6 Å². The Hall–Kier alpha value is -1.50. The predicted octanol–water partition coefficient (Wildman–Crippen LogP) is 2.21. The summed E-state index contributed by atoms with van der Waals surface area (Å²) in [7, 11) is -3.75. The van der Waals surface area contributed by atoms with E-state index in [9.17, 15) is 8.42 Å². The molecular weight excluding hydrogens is 280 g/mol. The van der Waals surface area contributed by atoms with Crippen molar-refractivity contribution in [1.29, 1.82) is 0 Å². The second-order valence-electron chi connectivity index (χ2n) is 4.02. The molecule has 2 aromatic rings. The molecule has 6 heteroatoms. The van der Waals surface area contributed by atoms with Crippen LogP contribution in [0.25, 0.3) is 0 Å². The van der Waals surface area contributed by atoms with E-state index in [-0.39, 0.29) is 10.6 Å². The van der Waals surface area contributed by atoms with Crippen molar-refractivity contribution in [3.05, 3.63) is 54.1 Å². The van der Waals surface area contributed by atoms with Crippen LogP contribution in [0.3, 0.4) is 0 Å². The van der Waals surface area contributed by atoms with Crippen LogP contribution < -0.4 is 10.9 Å². The number of nitrogens with two attached hydrogens (primary N) is 2. The number of benzene rings is 2. The molecule has 0 saturated heterocycles. The number of hydrogen-bond donors (Lipinski definition) is 2. The first-order chi connectivity index (χ1) is 8.97. The summed E-state index contributed by atoms with van der Waals surface area (Å²) < 4.78 is 22.5. The van der Waals surface area contributed by atoms with Gasteiger partial charge in [-0.2, -0.15) is 0 Å². The van der Waals surface area contributed by atoms with E-state index in [0.29, 0.717) is 0 Å². The van der Waals surface area contributed by atoms with Crippen LogP contribution in [0.2, 0.25) is 0 Å². The third kappa shape index (κ3) is 3.73. The highest BCUT2D eigenvalue weighted by molar-refractivity contribution is 7.98. The minimum absolute atomic E-state index is 0.0310. The average Bonchev–Trinajstić information content (AvgIpc) is 2.36.